The Bertz CT molecular complexity index is 1020. The Kier molecular flexibility index (Phi) is 4.03. The van der Waals surface area contributed by atoms with Crippen molar-refractivity contribution in [2.24, 2.45) is 0 Å². The van der Waals surface area contributed by atoms with Crippen LogP contribution in [0.2, 0.25) is 0 Å². The zero-order valence-corrected chi connectivity index (χ0v) is 15.0. The molecule has 4 rings (SSSR count). The maximum Gasteiger partial charge on any atom is 0.229 e. The van der Waals surface area contributed by atoms with E-state index in [2.05, 4.69) is 17.2 Å². The van der Waals surface area contributed by atoms with Gasteiger partial charge in [0.05, 0.1) is 25.4 Å². The highest BCUT2D eigenvalue weighted by atomic mass is 16.5. The summed E-state index contributed by atoms with van der Waals surface area (Å²) in [6.07, 6.45) is 10.3. The van der Waals surface area contributed by atoms with Gasteiger partial charge in [0, 0.05) is 23.2 Å². The highest BCUT2D eigenvalue weighted by Gasteiger charge is 2.24. The maximum absolute atomic E-state index is 12.6. The number of hydrogen-bond acceptors (Lipinski definition) is 3. The smallest absolute Gasteiger partial charge is 0.229 e. The molecule has 1 aromatic heterocycles. The molecule has 0 saturated carbocycles. The van der Waals surface area contributed by atoms with Crippen LogP contribution in [0.5, 0.6) is 5.75 Å². The van der Waals surface area contributed by atoms with Gasteiger partial charge in [-0.1, -0.05) is 12.7 Å². The molecule has 132 valence electrons. The topological polar surface area (TPSA) is 40.5 Å². The number of ketones is 1. The Labute approximate surface area is 152 Å². The SMILES string of the molecule is C=C1CCCc2c1n(/C=C1/C=CC=C(OC)C1=O)c1cc(OC)ccc21. The molecule has 2 aliphatic rings. The lowest BCUT2D eigenvalue weighted by Crippen LogP contribution is -2.11. The van der Waals surface area contributed by atoms with E-state index in [0.717, 1.165) is 41.8 Å². The standard InChI is InChI=1S/C22H21NO3/c1-14-6-4-8-18-17-11-10-16(25-2)12-19(17)23(21(14)18)13-15-7-5-9-20(26-3)22(15)24/h5,7,9-13H,1,4,6,8H2,2-3H3/b15-13-. The van der Waals surface area contributed by atoms with Gasteiger partial charge in [-0.25, -0.2) is 0 Å². The number of methoxy groups -OCH3 is 2. The van der Waals surface area contributed by atoms with Crippen molar-refractivity contribution < 1.29 is 14.3 Å². The van der Waals surface area contributed by atoms with Gasteiger partial charge < -0.3 is 14.0 Å². The first kappa shape index (κ1) is 16.5. The third-order valence-corrected chi connectivity index (χ3v) is 5.05. The highest BCUT2D eigenvalue weighted by Crippen LogP contribution is 2.39. The van der Waals surface area contributed by atoms with E-state index in [1.807, 2.05) is 30.5 Å². The van der Waals surface area contributed by atoms with Gasteiger partial charge in [0.15, 0.2) is 5.76 Å². The van der Waals surface area contributed by atoms with E-state index in [0.29, 0.717) is 11.3 Å². The maximum atomic E-state index is 12.6. The van der Waals surface area contributed by atoms with Gasteiger partial charge in [-0.3, -0.25) is 4.79 Å². The van der Waals surface area contributed by atoms with Gasteiger partial charge in [-0.05, 0) is 54.7 Å². The monoisotopic (exact) mass is 347 g/mol. The van der Waals surface area contributed by atoms with Crippen LogP contribution in [-0.4, -0.2) is 24.6 Å². The molecule has 1 aromatic carbocycles. The Morgan fingerprint density at radius 1 is 1.19 bits per heavy atom. The fourth-order valence-corrected chi connectivity index (χ4v) is 3.79. The summed E-state index contributed by atoms with van der Waals surface area (Å²) in [7, 11) is 3.18. The number of fused-ring (bicyclic) bond motifs is 3. The summed E-state index contributed by atoms with van der Waals surface area (Å²) in [4.78, 5) is 12.6. The molecule has 2 aliphatic carbocycles. The Morgan fingerprint density at radius 2 is 2.04 bits per heavy atom. The summed E-state index contributed by atoms with van der Waals surface area (Å²) in [5.74, 6) is 1.02. The number of carbonyl (C=O) groups excluding carboxylic acids is 1. The fraction of sp³-hybridized carbons (Fsp3) is 0.227. The molecule has 0 fully saturated rings. The minimum atomic E-state index is -0.116. The first-order valence-corrected chi connectivity index (χ1v) is 8.72. The molecule has 1 heterocycles. The lowest BCUT2D eigenvalue weighted by atomic mass is 9.92. The largest absolute Gasteiger partial charge is 0.497 e. The molecular formula is C22H21NO3. The number of nitrogens with zero attached hydrogens (tertiary/aromatic N) is 1. The van der Waals surface area contributed by atoms with Crippen LogP contribution in [0.15, 0.2) is 54.3 Å². The third kappa shape index (κ3) is 2.49. The molecule has 0 unspecified atom stereocenters. The van der Waals surface area contributed by atoms with Crippen molar-refractivity contribution in [3.05, 3.63) is 65.6 Å². The first-order valence-electron chi connectivity index (χ1n) is 8.72. The van der Waals surface area contributed by atoms with Crippen molar-refractivity contribution in [3.8, 4) is 5.75 Å². The van der Waals surface area contributed by atoms with Crippen LogP contribution >= 0.6 is 0 Å². The lowest BCUT2D eigenvalue weighted by molar-refractivity contribution is -0.114. The number of ether oxygens (including phenoxy) is 2. The van der Waals surface area contributed by atoms with Crippen molar-refractivity contribution in [3.63, 3.8) is 0 Å². The second-order valence-corrected chi connectivity index (χ2v) is 6.55. The van der Waals surface area contributed by atoms with Gasteiger partial charge in [0.25, 0.3) is 0 Å². The molecule has 2 aromatic rings. The summed E-state index contributed by atoms with van der Waals surface area (Å²) in [6, 6.07) is 6.09. The highest BCUT2D eigenvalue weighted by molar-refractivity contribution is 6.12. The number of Topliss-reactive ketones (excluding diaryl/α,β-unsaturated/α-hetero) is 1. The van der Waals surface area contributed by atoms with Gasteiger partial charge >= 0.3 is 0 Å². The summed E-state index contributed by atoms with van der Waals surface area (Å²) >= 11 is 0. The van der Waals surface area contributed by atoms with Crippen LogP contribution in [0, 0.1) is 0 Å². The van der Waals surface area contributed by atoms with Crippen LogP contribution in [0.1, 0.15) is 24.1 Å². The van der Waals surface area contributed by atoms with Crippen molar-refractivity contribution in [1.29, 1.82) is 0 Å². The number of carbonyl (C=O) groups is 1. The number of aryl methyl sites for hydroxylation is 1. The van der Waals surface area contributed by atoms with Crippen LogP contribution < -0.4 is 4.74 Å². The molecule has 0 spiro atoms. The number of allylic oxidation sites excluding steroid dienone is 5. The zero-order valence-electron chi connectivity index (χ0n) is 15.0. The summed E-state index contributed by atoms with van der Waals surface area (Å²) in [5, 5.41) is 1.19. The average Bonchev–Trinajstić information content (AvgIpc) is 2.98. The normalized spacial score (nSPS) is 18.2. The summed E-state index contributed by atoms with van der Waals surface area (Å²) in [5.41, 5.74) is 5.13. The summed E-state index contributed by atoms with van der Waals surface area (Å²) < 4.78 is 12.7. The first-order chi connectivity index (χ1) is 12.6. The van der Waals surface area contributed by atoms with E-state index < -0.39 is 0 Å². The molecule has 0 amide bonds. The lowest BCUT2D eigenvalue weighted by Gasteiger charge is -2.17. The molecule has 0 saturated heterocycles. The van der Waals surface area contributed by atoms with Crippen LogP contribution in [-0.2, 0) is 16.0 Å². The van der Waals surface area contributed by atoms with Crippen molar-refractivity contribution in [1.82, 2.24) is 4.57 Å². The van der Waals surface area contributed by atoms with Crippen molar-refractivity contribution in [2.45, 2.75) is 19.3 Å². The van der Waals surface area contributed by atoms with Crippen molar-refractivity contribution >= 4 is 28.5 Å². The van der Waals surface area contributed by atoms with E-state index in [4.69, 9.17) is 9.47 Å². The number of aromatic nitrogens is 1. The van der Waals surface area contributed by atoms with Crippen LogP contribution in [0.3, 0.4) is 0 Å². The molecule has 0 aliphatic heterocycles. The average molecular weight is 347 g/mol. The molecular weight excluding hydrogens is 326 g/mol. The van der Waals surface area contributed by atoms with Crippen LogP contribution in [0.25, 0.3) is 22.7 Å². The summed E-state index contributed by atoms with van der Waals surface area (Å²) in [6.45, 7) is 4.28. The van der Waals surface area contributed by atoms with Gasteiger partial charge in [0.1, 0.15) is 5.75 Å². The van der Waals surface area contributed by atoms with E-state index in [-0.39, 0.29) is 5.78 Å². The minimum Gasteiger partial charge on any atom is -0.497 e. The third-order valence-electron chi connectivity index (χ3n) is 5.05. The molecule has 0 N–H and O–H groups in total. The van der Waals surface area contributed by atoms with E-state index >= 15 is 0 Å². The van der Waals surface area contributed by atoms with E-state index in [9.17, 15) is 4.79 Å². The van der Waals surface area contributed by atoms with E-state index in [1.165, 1.54) is 18.1 Å². The minimum absolute atomic E-state index is 0.116. The number of hydrogen-bond donors (Lipinski definition) is 0. The van der Waals surface area contributed by atoms with Gasteiger partial charge in [0.2, 0.25) is 5.78 Å². The Morgan fingerprint density at radius 3 is 2.81 bits per heavy atom. The Hall–Kier alpha value is -3.01. The molecule has 0 atom stereocenters. The second-order valence-electron chi connectivity index (χ2n) is 6.55. The van der Waals surface area contributed by atoms with Gasteiger partial charge in [-0.2, -0.15) is 0 Å². The second kappa shape index (κ2) is 6.37. The molecule has 0 bridgehead atoms. The Balaban J connectivity index is 1.97. The predicted octanol–water partition coefficient (Wildman–Crippen LogP) is 4.51. The molecule has 4 heteroatoms. The molecule has 4 nitrogen and oxygen atoms in total. The number of rotatable bonds is 3. The quantitative estimate of drug-likeness (QED) is 0.767. The predicted molar refractivity (Wildman–Crippen MR) is 104 cm³/mol. The number of benzene rings is 1. The fourth-order valence-electron chi connectivity index (χ4n) is 3.79. The molecule has 26 heavy (non-hydrogen) atoms. The van der Waals surface area contributed by atoms with Crippen LogP contribution in [0.4, 0.5) is 0 Å². The molecule has 0 radical (unpaired) electrons. The van der Waals surface area contributed by atoms with Gasteiger partial charge in [-0.15, -0.1) is 0 Å². The van der Waals surface area contributed by atoms with E-state index in [1.54, 1.807) is 13.2 Å². The zero-order chi connectivity index (χ0) is 18.3. The van der Waals surface area contributed by atoms with Crippen molar-refractivity contribution in [2.75, 3.05) is 14.2 Å².